The van der Waals surface area contributed by atoms with Gasteiger partial charge in [0.05, 0.1) is 41.5 Å². The van der Waals surface area contributed by atoms with Gasteiger partial charge in [0.1, 0.15) is 0 Å². The first kappa shape index (κ1) is 20.7. The molecule has 0 aliphatic heterocycles. The van der Waals surface area contributed by atoms with Crippen LogP contribution in [0.5, 0.6) is 11.5 Å². The van der Waals surface area contributed by atoms with Crippen molar-refractivity contribution >= 4 is 81.0 Å². The van der Waals surface area contributed by atoms with E-state index in [1.54, 1.807) is 13.8 Å². The van der Waals surface area contributed by atoms with Crippen LogP contribution in [0.15, 0.2) is 0 Å². The second-order valence-corrected chi connectivity index (χ2v) is 8.05. The van der Waals surface area contributed by atoms with Gasteiger partial charge in [0, 0.05) is 16.5 Å². The van der Waals surface area contributed by atoms with Crippen molar-refractivity contribution in [1.82, 2.24) is 0 Å². The van der Waals surface area contributed by atoms with E-state index in [9.17, 15) is 10.2 Å². The SMILES string of the molecule is CC(C)(c1c(Cl)c(O)c(N)c(Cl)c1Cl)c1c(Cl)c(O)c(N)c(Cl)c1Cl. The van der Waals surface area contributed by atoms with Gasteiger partial charge in [-0.2, -0.15) is 0 Å². The average molecular weight is 465 g/mol. The van der Waals surface area contributed by atoms with Crippen LogP contribution in [0.1, 0.15) is 25.0 Å². The predicted molar refractivity (Wildman–Crippen MR) is 107 cm³/mol. The summed E-state index contributed by atoms with van der Waals surface area (Å²) in [6.07, 6.45) is 0. The van der Waals surface area contributed by atoms with Crippen molar-refractivity contribution < 1.29 is 10.2 Å². The molecule has 0 amide bonds. The predicted octanol–water partition coefficient (Wildman–Crippen LogP) is 6.51. The molecule has 136 valence electrons. The van der Waals surface area contributed by atoms with Crippen LogP contribution in [0.4, 0.5) is 11.4 Å². The van der Waals surface area contributed by atoms with Crippen molar-refractivity contribution in [3.63, 3.8) is 0 Å². The van der Waals surface area contributed by atoms with Gasteiger partial charge >= 0.3 is 0 Å². The van der Waals surface area contributed by atoms with Crippen molar-refractivity contribution in [3.8, 4) is 11.5 Å². The van der Waals surface area contributed by atoms with Gasteiger partial charge in [0.25, 0.3) is 0 Å². The van der Waals surface area contributed by atoms with E-state index in [1.807, 2.05) is 0 Å². The van der Waals surface area contributed by atoms with Gasteiger partial charge in [-0.1, -0.05) is 83.5 Å². The molecule has 25 heavy (non-hydrogen) atoms. The molecule has 0 fully saturated rings. The van der Waals surface area contributed by atoms with Gasteiger partial charge in [0.15, 0.2) is 11.5 Å². The quantitative estimate of drug-likeness (QED) is 0.231. The summed E-state index contributed by atoms with van der Waals surface area (Å²) in [4.78, 5) is 0. The fraction of sp³-hybridized carbons (Fsp3) is 0.200. The Morgan fingerprint density at radius 3 is 1.16 bits per heavy atom. The number of aromatic hydroxyl groups is 2. The lowest BCUT2D eigenvalue weighted by atomic mass is 9.77. The molecule has 0 unspecified atom stereocenters. The van der Waals surface area contributed by atoms with Crippen LogP contribution in [0.2, 0.25) is 30.1 Å². The summed E-state index contributed by atoms with van der Waals surface area (Å²) in [5, 5.41) is 19.9. The molecule has 0 aromatic heterocycles. The third kappa shape index (κ3) is 3.03. The molecule has 0 bridgehead atoms. The summed E-state index contributed by atoms with van der Waals surface area (Å²) in [6.45, 7) is 3.32. The second kappa shape index (κ2) is 6.84. The molecule has 10 heteroatoms. The number of phenols is 2. The highest BCUT2D eigenvalue weighted by Crippen LogP contribution is 2.55. The molecule has 4 nitrogen and oxygen atoms in total. The summed E-state index contributed by atoms with van der Waals surface area (Å²) >= 11 is 37.3. The summed E-state index contributed by atoms with van der Waals surface area (Å²) in [5.74, 6) is -0.866. The first-order valence-corrected chi connectivity index (χ1v) is 8.93. The zero-order valence-electron chi connectivity index (χ0n) is 12.8. The number of hydrogen-bond donors (Lipinski definition) is 4. The number of hydrogen-bond acceptors (Lipinski definition) is 4. The number of phenolic OH excluding ortho intramolecular Hbond substituents is 2. The summed E-state index contributed by atoms with van der Waals surface area (Å²) in [6, 6.07) is 0. The molecule has 0 aliphatic carbocycles. The highest BCUT2D eigenvalue weighted by atomic mass is 35.5. The van der Waals surface area contributed by atoms with Crippen LogP contribution in [0, 0.1) is 0 Å². The molecule has 0 atom stereocenters. The first-order chi connectivity index (χ1) is 11.4. The number of nitrogen functional groups attached to an aromatic ring is 2. The highest BCUT2D eigenvalue weighted by Gasteiger charge is 2.37. The molecule has 2 aromatic carbocycles. The van der Waals surface area contributed by atoms with Crippen LogP contribution in [-0.2, 0) is 5.41 Å². The van der Waals surface area contributed by atoms with E-state index in [4.69, 9.17) is 81.1 Å². The smallest absolute Gasteiger partial charge is 0.159 e. The Balaban J connectivity index is 2.96. The molecule has 6 N–H and O–H groups in total. The van der Waals surface area contributed by atoms with Gasteiger partial charge in [-0.05, 0) is 0 Å². The van der Waals surface area contributed by atoms with Crippen molar-refractivity contribution in [3.05, 3.63) is 41.3 Å². The van der Waals surface area contributed by atoms with Crippen LogP contribution in [0.3, 0.4) is 0 Å². The lowest BCUT2D eigenvalue weighted by Crippen LogP contribution is -2.22. The average Bonchev–Trinajstić information content (AvgIpc) is 2.54. The minimum atomic E-state index is -1.13. The Bertz CT molecular complexity index is 769. The van der Waals surface area contributed by atoms with Crippen LogP contribution >= 0.6 is 69.6 Å². The standard InChI is InChI=1S/C15H12Cl6N2O2/c1-15(2,3-5(16)9(20)11(22)13(24)7(3)18)4-6(17)10(21)12(23)14(25)8(4)19/h24-25H,22-23H2,1-2H3. The highest BCUT2D eigenvalue weighted by molar-refractivity contribution is 6.48. The maximum absolute atomic E-state index is 10.1. The Morgan fingerprint density at radius 2 is 0.880 bits per heavy atom. The molecule has 0 saturated carbocycles. The zero-order chi connectivity index (χ0) is 19.4. The fourth-order valence-corrected chi connectivity index (χ4v) is 4.75. The van der Waals surface area contributed by atoms with Crippen LogP contribution in [0.25, 0.3) is 0 Å². The zero-order valence-corrected chi connectivity index (χ0v) is 17.4. The Labute approximate surface area is 174 Å². The molecule has 2 rings (SSSR count). The molecular formula is C15H12Cl6N2O2. The number of rotatable bonds is 2. The molecule has 0 saturated heterocycles. The lowest BCUT2D eigenvalue weighted by molar-refractivity contribution is 0.473. The largest absolute Gasteiger partial charge is 0.504 e. The van der Waals surface area contributed by atoms with Gasteiger partial charge in [-0.15, -0.1) is 0 Å². The van der Waals surface area contributed by atoms with Crippen LogP contribution < -0.4 is 11.5 Å². The van der Waals surface area contributed by atoms with Crippen LogP contribution in [-0.4, -0.2) is 10.2 Å². The second-order valence-electron chi connectivity index (χ2n) is 5.78. The van der Waals surface area contributed by atoms with Crippen molar-refractivity contribution in [2.75, 3.05) is 11.5 Å². The van der Waals surface area contributed by atoms with E-state index in [1.165, 1.54) is 0 Å². The van der Waals surface area contributed by atoms with Gasteiger partial charge < -0.3 is 21.7 Å². The van der Waals surface area contributed by atoms with E-state index >= 15 is 0 Å². The third-order valence-electron chi connectivity index (χ3n) is 3.91. The molecule has 0 aliphatic rings. The third-order valence-corrected chi connectivity index (χ3v) is 6.38. The summed E-state index contributed by atoms with van der Waals surface area (Å²) in [5.41, 5.74) is 10.3. The van der Waals surface area contributed by atoms with E-state index < -0.39 is 16.9 Å². The maximum atomic E-state index is 10.1. The van der Waals surface area contributed by atoms with E-state index in [0.717, 1.165) is 0 Å². The molecule has 2 aromatic rings. The van der Waals surface area contributed by atoms with E-state index in [2.05, 4.69) is 0 Å². The topological polar surface area (TPSA) is 92.5 Å². The lowest BCUT2D eigenvalue weighted by Gasteiger charge is -2.32. The number of benzene rings is 2. The maximum Gasteiger partial charge on any atom is 0.159 e. The summed E-state index contributed by atoms with van der Waals surface area (Å²) in [7, 11) is 0. The van der Waals surface area contributed by atoms with Crippen molar-refractivity contribution in [2.45, 2.75) is 19.3 Å². The van der Waals surface area contributed by atoms with E-state index in [-0.39, 0.29) is 52.6 Å². The number of halogens is 6. The Morgan fingerprint density at radius 1 is 0.600 bits per heavy atom. The molecule has 0 radical (unpaired) electrons. The molecule has 0 heterocycles. The monoisotopic (exact) mass is 462 g/mol. The van der Waals surface area contributed by atoms with Gasteiger partial charge in [0.2, 0.25) is 0 Å². The fourth-order valence-electron chi connectivity index (χ4n) is 2.55. The molecule has 0 spiro atoms. The molecular weight excluding hydrogens is 453 g/mol. The number of nitrogens with two attached hydrogens (primary N) is 2. The Kier molecular flexibility index (Phi) is 5.66. The number of anilines is 2. The summed E-state index contributed by atoms with van der Waals surface area (Å²) < 4.78 is 0. The normalized spacial score (nSPS) is 11.8. The van der Waals surface area contributed by atoms with Gasteiger partial charge in [-0.3, -0.25) is 0 Å². The Hall–Kier alpha value is -0.620. The minimum Gasteiger partial charge on any atom is -0.504 e. The minimum absolute atomic E-state index is 0.00605. The van der Waals surface area contributed by atoms with Gasteiger partial charge in [-0.25, -0.2) is 0 Å². The van der Waals surface area contributed by atoms with E-state index in [0.29, 0.717) is 0 Å². The first-order valence-electron chi connectivity index (χ1n) is 6.66. The van der Waals surface area contributed by atoms with Crippen molar-refractivity contribution in [1.29, 1.82) is 0 Å². The van der Waals surface area contributed by atoms with Crippen molar-refractivity contribution in [2.24, 2.45) is 0 Å².